The molecule has 1 heterocycles. The van der Waals surface area contributed by atoms with Crippen LogP contribution in [0.25, 0.3) is 0 Å². The maximum absolute atomic E-state index is 12.0. The molecule has 0 radical (unpaired) electrons. The average Bonchev–Trinajstić information content (AvgIpc) is 2.51. The van der Waals surface area contributed by atoms with Crippen LogP contribution in [0.1, 0.15) is 46.0 Å². The summed E-state index contributed by atoms with van der Waals surface area (Å²) >= 11 is 0. The summed E-state index contributed by atoms with van der Waals surface area (Å²) in [6.07, 6.45) is 5.67. The Kier molecular flexibility index (Phi) is 8.22. The average molecular weight is 300 g/mol. The summed E-state index contributed by atoms with van der Waals surface area (Å²) < 4.78 is 10.7. The molecule has 21 heavy (non-hydrogen) atoms. The van der Waals surface area contributed by atoms with E-state index in [2.05, 4.69) is 24.2 Å². The second-order valence-corrected chi connectivity index (χ2v) is 6.25. The number of methoxy groups -OCH3 is 1. The lowest BCUT2D eigenvalue weighted by Crippen LogP contribution is -2.52. The third kappa shape index (κ3) is 6.32. The maximum atomic E-state index is 12.0. The molecule has 1 saturated heterocycles. The minimum absolute atomic E-state index is 0.182. The minimum Gasteiger partial charge on any atom is -0.468 e. The molecule has 0 amide bonds. The summed E-state index contributed by atoms with van der Waals surface area (Å²) in [5.74, 6) is -0.182. The SMILES string of the molecule is CCCNC(C)(CCN(C)CC1CCCCO1)C(=O)OC. The van der Waals surface area contributed by atoms with Crippen LogP contribution in [0.5, 0.6) is 0 Å². The van der Waals surface area contributed by atoms with Crippen LogP contribution in [0.15, 0.2) is 0 Å². The van der Waals surface area contributed by atoms with Gasteiger partial charge in [0.15, 0.2) is 0 Å². The first kappa shape index (κ1) is 18.4. The van der Waals surface area contributed by atoms with Gasteiger partial charge in [0.2, 0.25) is 0 Å². The molecule has 0 saturated carbocycles. The molecule has 1 aliphatic rings. The van der Waals surface area contributed by atoms with Crippen molar-refractivity contribution in [1.82, 2.24) is 10.2 Å². The van der Waals surface area contributed by atoms with E-state index >= 15 is 0 Å². The molecule has 0 aromatic carbocycles. The summed E-state index contributed by atoms with van der Waals surface area (Å²) in [6.45, 7) is 7.52. The number of hydrogen-bond donors (Lipinski definition) is 1. The van der Waals surface area contributed by atoms with E-state index in [0.717, 1.165) is 45.5 Å². The zero-order valence-electron chi connectivity index (χ0n) is 14.1. The van der Waals surface area contributed by atoms with Gasteiger partial charge in [-0.3, -0.25) is 4.79 Å². The van der Waals surface area contributed by atoms with Gasteiger partial charge in [0.25, 0.3) is 0 Å². The topological polar surface area (TPSA) is 50.8 Å². The zero-order valence-corrected chi connectivity index (χ0v) is 14.1. The van der Waals surface area contributed by atoms with E-state index in [1.54, 1.807) is 0 Å². The summed E-state index contributed by atoms with van der Waals surface area (Å²) in [5, 5.41) is 3.32. The van der Waals surface area contributed by atoms with Crippen LogP contribution in [0.4, 0.5) is 0 Å². The van der Waals surface area contributed by atoms with Crippen LogP contribution in [0, 0.1) is 0 Å². The van der Waals surface area contributed by atoms with Gasteiger partial charge in [-0.2, -0.15) is 0 Å². The zero-order chi connectivity index (χ0) is 15.7. The van der Waals surface area contributed by atoms with Gasteiger partial charge in [-0.25, -0.2) is 0 Å². The van der Waals surface area contributed by atoms with Crippen LogP contribution in [-0.4, -0.2) is 62.9 Å². The van der Waals surface area contributed by atoms with Gasteiger partial charge in [0.05, 0.1) is 13.2 Å². The summed E-state index contributed by atoms with van der Waals surface area (Å²) in [7, 11) is 3.54. The molecule has 0 aliphatic carbocycles. The first-order valence-electron chi connectivity index (χ1n) is 8.15. The molecule has 0 aromatic heterocycles. The van der Waals surface area contributed by atoms with E-state index in [4.69, 9.17) is 9.47 Å². The quantitative estimate of drug-likeness (QED) is 0.658. The number of hydrogen-bond acceptors (Lipinski definition) is 5. The van der Waals surface area contributed by atoms with Gasteiger partial charge in [-0.15, -0.1) is 0 Å². The Bertz CT molecular complexity index is 306. The highest BCUT2D eigenvalue weighted by Gasteiger charge is 2.33. The van der Waals surface area contributed by atoms with Crippen molar-refractivity contribution in [3.05, 3.63) is 0 Å². The lowest BCUT2D eigenvalue weighted by Gasteiger charge is -2.32. The van der Waals surface area contributed by atoms with Gasteiger partial charge in [-0.05, 0) is 52.6 Å². The van der Waals surface area contributed by atoms with Crippen molar-refractivity contribution < 1.29 is 14.3 Å². The minimum atomic E-state index is -0.605. The van der Waals surface area contributed by atoms with Crippen molar-refractivity contribution in [2.45, 2.75) is 57.6 Å². The van der Waals surface area contributed by atoms with Gasteiger partial charge in [0, 0.05) is 19.7 Å². The second kappa shape index (κ2) is 9.38. The Morgan fingerprint density at radius 3 is 2.81 bits per heavy atom. The van der Waals surface area contributed by atoms with E-state index in [0.29, 0.717) is 6.10 Å². The fourth-order valence-electron chi connectivity index (χ4n) is 2.69. The highest BCUT2D eigenvalue weighted by Crippen LogP contribution is 2.16. The van der Waals surface area contributed by atoms with Crippen molar-refractivity contribution in [3.8, 4) is 0 Å². The van der Waals surface area contributed by atoms with Crippen molar-refractivity contribution >= 4 is 5.97 Å². The molecule has 1 fully saturated rings. The number of esters is 1. The number of rotatable bonds is 9. The Morgan fingerprint density at radius 2 is 2.24 bits per heavy atom. The lowest BCUT2D eigenvalue weighted by molar-refractivity contribution is -0.148. The van der Waals surface area contributed by atoms with Crippen LogP contribution >= 0.6 is 0 Å². The van der Waals surface area contributed by atoms with Crippen molar-refractivity contribution in [3.63, 3.8) is 0 Å². The number of carbonyl (C=O) groups is 1. The molecule has 124 valence electrons. The molecular weight excluding hydrogens is 268 g/mol. The number of nitrogens with one attached hydrogen (secondary N) is 1. The van der Waals surface area contributed by atoms with Crippen molar-refractivity contribution in [2.24, 2.45) is 0 Å². The maximum Gasteiger partial charge on any atom is 0.325 e. The van der Waals surface area contributed by atoms with E-state index in [1.165, 1.54) is 20.0 Å². The molecule has 2 unspecified atom stereocenters. The summed E-state index contributed by atoms with van der Waals surface area (Å²) in [4.78, 5) is 14.3. The first-order chi connectivity index (χ1) is 10.0. The number of likely N-dealkylation sites (N-methyl/N-ethyl adjacent to an activating group) is 1. The van der Waals surface area contributed by atoms with Crippen molar-refractivity contribution in [2.75, 3.05) is 40.4 Å². The van der Waals surface area contributed by atoms with Gasteiger partial charge >= 0.3 is 5.97 Å². The third-order valence-electron chi connectivity index (χ3n) is 4.18. The molecule has 5 heteroatoms. The summed E-state index contributed by atoms with van der Waals surface area (Å²) in [6, 6.07) is 0. The molecule has 1 aliphatic heterocycles. The van der Waals surface area contributed by atoms with Gasteiger partial charge < -0.3 is 19.7 Å². The second-order valence-electron chi connectivity index (χ2n) is 6.25. The van der Waals surface area contributed by atoms with Gasteiger partial charge in [-0.1, -0.05) is 6.92 Å². The Labute approximate surface area is 129 Å². The van der Waals surface area contributed by atoms with Crippen LogP contribution in [0.3, 0.4) is 0 Å². The molecular formula is C16H32N2O3. The fraction of sp³-hybridized carbons (Fsp3) is 0.938. The Morgan fingerprint density at radius 1 is 1.48 bits per heavy atom. The highest BCUT2D eigenvalue weighted by molar-refractivity contribution is 5.80. The third-order valence-corrected chi connectivity index (χ3v) is 4.18. The predicted molar refractivity (Wildman–Crippen MR) is 84.4 cm³/mol. The molecule has 0 bridgehead atoms. The van der Waals surface area contributed by atoms with Crippen LogP contribution in [0.2, 0.25) is 0 Å². The molecule has 1 rings (SSSR count). The molecule has 5 nitrogen and oxygen atoms in total. The molecule has 1 N–H and O–H groups in total. The van der Waals surface area contributed by atoms with E-state index in [9.17, 15) is 4.79 Å². The van der Waals surface area contributed by atoms with E-state index in [1.807, 2.05) is 6.92 Å². The number of carbonyl (C=O) groups excluding carboxylic acids is 1. The lowest BCUT2D eigenvalue weighted by atomic mass is 9.97. The largest absolute Gasteiger partial charge is 0.468 e. The van der Waals surface area contributed by atoms with Gasteiger partial charge in [0.1, 0.15) is 5.54 Å². The van der Waals surface area contributed by atoms with Crippen LogP contribution in [-0.2, 0) is 14.3 Å². The standard InChI is InChI=1S/C16H32N2O3/c1-5-10-17-16(2,15(19)20-4)9-11-18(3)13-14-8-6-7-12-21-14/h14,17H,5-13H2,1-4H3. The normalized spacial score (nSPS) is 22.0. The van der Waals surface area contributed by atoms with Crippen molar-refractivity contribution in [1.29, 1.82) is 0 Å². The predicted octanol–water partition coefficient (Wildman–Crippen LogP) is 1.81. The molecule has 2 atom stereocenters. The molecule has 0 spiro atoms. The summed E-state index contributed by atoms with van der Waals surface area (Å²) in [5.41, 5.74) is -0.605. The molecule has 0 aromatic rings. The number of nitrogens with zero attached hydrogens (tertiary/aromatic N) is 1. The smallest absolute Gasteiger partial charge is 0.325 e. The Hall–Kier alpha value is -0.650. The monoisotopic (exact) mass is 300 g/mol. The Balaban J connectivity index is 2.41. The van der Waals surface area contributed by atoms with Crippen LogP contribution < -0.4 is 5.32 Å². The highest BCUT2D eigenvalue weighted by atomic mass is 16.5. The van der Waals surface area contributed by atoms with E-state index < -0.39 is 5.54 Å². The fourth-order valence-corrected chi connectivity index (χ4v) is 2.69. The number of ether oxygens (including phenoxy) is 2. The first-order valence-corrected chi connectivity index (χ1v) is 8.15. The van der Waals surface area contributed by atoms with E-state index in [-0.39, 0.29) is 5.97 Å².